The van der Waals surface area contributed by atoms with E-state index >= 15 is 0 Å². The van der Waals surface area contributed by atoms with Gasteiger partial charge in [0.25, 0.3) is 0 Å². The van der Waals surface area contributed by atoms with Crippen molar-refractivity contribution in [2.24, 2.45) is 0 Å². The number of benzene rings is 1. The highest BCUT2D eigenvalue weighted by atomic mass is 19.4. The zero-order chi connectivity index (χ0) is 15.6. The van der Waals surface area contributed by atoms with E-state index in [1.165, 1.54) is 24.5 Å². The first-order chi connectivity index (χ1) is 9.80. The van der Waals surface area contributed by atoms with Gasteiger partial charge in [0.05, 0.1) is 5.56 Å². The number of hydrogen-bond donors (Lipinski definition) is 2. The van der Waals surface area contributed by atoms with E-state index < -0.39 is 23.8 Å². The predicted octanol–water partition coefficient (Wildman–Crippen LogP) is 2.89. The number of alkyl halides is 3. The molecule has 2 aromatic rings. The summed E-state index contributed by atoms with van der Waals surface area (Å²) in [6.45, 7) is 0. The van der Waals surface area contributed by atoms with Crippen LogP contribution < -0.4 is 0 Å². The van der Waals surface area contributed by atoms with Gasteiger partial charge >= 0.3 is 12.1 Å². The summed E-state index contributed by atoms with van der Waals surface area (Å²) in [7, 11) is 0. The first-order valence-corrected chi connectivity index (χ1v) is 5.83. The Labute approximate surface area is 117 Å². The van der Waals surface area contributed by atoms with Crippen molar-refractivity contribution in [2.75, 3.05) is 0 Å². The molecule has 0 aliphatic rings. The van der Waals surface area contributed by atoms with Gasteiger partial charge in [-0.1, -0.05) is 6.07 Å². The average molecular weight is 297 g/mol. The maximum absolute atomic E-state index is 12.8. The number of aliphatic hydroxyl groups excluding tert-OH is 1. The molecular formula is C14H10F3NO3. The molecule has 0 radical (unpaired) electrons. The van der Waals surface area contributed by atoms with Crippen molar-refractivity contribution in [1.82, 2.24) is 4.98 Å². The Morgan fingerprint density at radius 3 is 2.29 bits per heavy atom. The van der Waals surface area contributed by atoms with Gasteiger partial charge in [0.2, 0.25) is 0 Å². The number of aliphatic carboxylic acids is 1. The Hall–Kier alpha value is -2.41. The number of rotatable bonds is 3. The van der Waals surface area contributed by atoms with E-state index in [1.807, 2.05) is 0 Å². The molecule has 0 saturated carbocycles. The Bertz CT molecular complexity index is 656. The molecule has 0 aliphatic carbocycles. The topological polar surface area (TPSA) is 70.4 Å². The van der Waals surface area contributed by atoms with Gasteiger partial charge in [-0.3, -0.25) is 4.98 Å². The van der Waals surface area contributed by atoms with Crippen LogP contribution in [0.2, 0.25) is 0 Å². The molecule has 0 spiro atoms. The van der Waals surface area contributed by atoms with Crippen molar-refractivity contribution < 1.29 is 28.2 Å². The summed E-state index contributed by atoms with van der Waals surface area (Å²) in [5, 5.41) is 18.5. The summed E-state index contributed by atoms with van der Waals surface area (Å²) in [6.07, 6.45) is -3.73. The highest BCUT2D eigenvalue weighted by Crippen LogP contribution is 2.35. The summed E-state index contributed by atoms with van der Waals surface area (Å²) < 4.78 is 38.4. The number of carboxylic acid groups (broad SMARTS) is 1. The number of aliphatic hydroxyl groups is 1. The third-order valence-electron chi connectivity index (χ3n) is 2.90. The summed E-state index contributed by atoms with van der Waals surface area (Å²) in [6, 6.07) is 5.40. The van der Waals surface area contributed by atoms with Crippen LogP contribution in [0.4, 0.5) is 13.2 Å². The molecule has 1 aromatic heterocycles. The normalized spacial score (nSPS) is 13.0. The maximum Gasteiger partial charge on any atom is 0.416 e. The molecule has 1 atom stereocenters. The van der Waals surface area contributed by atoms with Gasteiger partial charge < -0.3 is 10.2 Å². The highest BCUT2D eigenvalue weighted by molar-refractivity contribution is 5.79. The Kier molecular flexibility index (Phi) is 3.95. The molecule has 0 saturated heterocycles. The van der Waals surface area contributed by atoms with Crippen LogP contribution in [0.5, 0.6) is 0 Å². The average Bonchev–Trinajstić information content (AvgIpc) is 2.45. The lowest BCUT2D eigenvalue weighted by molar-refractivity contribution is -0.146. The van der Waals surface area contributed by atoms with Crippen LogP contribution in [0.1, 0.15) is 17.2 Å². The largest absolute Gasteiger partial charge is 0.479 e. The SMILES string of the molecule is O=C(O)C(O)c1ccc(C(F)(F)F)cc1-c1ccncc1. The van der Waals surface area contributed by atoms with Gasteiger partial charge in [0, 0.05) is 12.4 Å². The van der Waals surface area contributed by atoms with Crippen LogP contribution in [0.15, 0.2) is 42.7 Å². The molecule has 0 aliphatic heterocycles. The molecule has 1 aromatic carbocycles. The van der Waals surface area contributed by atoms with E-state index in [1.54, 1.807) is 0 Å². The smallest absolute Gasteiger partial charge is 0.416 e. The fourth-order valence-electron chi connectivity index (χ4n) is 1.89. The molecule has 110 valence electrons. The van der Waals surface area contributed by atoms with Gasteiger partial charge in [-0.2, -0.15) is 13.2 Å². The zero-order valence-corrected chi connectivity index (χ0v) is 10.5. The monoisotopic (exact) mass is 297 g/mol. The number of halogens is 3. The van der Waals surface area contributed by atoms with Crippen molar-refractivity contribution in [3.8, 4) is 11.1 Å². The third-order valence-corrected chi connectivity index (χ3v) is 2.90. The van der Waals surface area contributed by atoms with E-state index in [-0.39, 0.29) is 11.1 Å². The maximum atomic E-state index is 12.8. The van der Waals surface area contributed by atoms with Crippen molar-refractivity contribution in [3.63, 3.8) is 0 Å². The minimum absolute atomic E-state index is 0.00197. The van der Waals surface area contributed by atoms with Crippen LogP contribution >= 0.6 is 0 Å². The van der Waals surface area contributed by atoms with Crippen molar-refractivity contribution >= 4 is 5.97 Å². The van der Waals surface area contributed by atoms with E-state index in [2.05, 4.69) is 4.98 Å². The summed E-state index contributed by atoms with van der Waals surface area (Å²) in [5.74, 6) is -1.54. The molecule has 2 rings (SSSR count). The van der Waals surface area contributed by atoms with Gasteiger partial charge in [-0.05, 0) is 41.0 Å². The highest BCUT2D eigenvalue weighted by Gasteiger charge is 2.32. The summed E-state index contributed by atoms with van der Waals surface area (Å²) in [4.78, 5) is 14.6. The fourth-order valence-corrected chi connectivity index (χ4v) is 1.89. The number of nitrogens with zero attached hydrogens (tertiary/aromatic N) is 1. The van der Waals surface area contributed by atoms with Gasteiger partial charge in [-0.15, -0.1) is 0 Å². The Morgan fingerprint density at radius 1 is 1.14 bits per heavy atom. The summed E-state index contributed by atoms with van der Waals surface area (Å²) >= 11 is 0. The van der Waals surface area contributed by atoms with Gasteiger partial charge in [0.1, 0.15) is 0 Å². The first-order valence-electron chi connectivity index (χ1n) is 5.83. The molecular weight excluding hydrogens is 287 g/mol. The Balaban J connectivity index is 2.64. The molecule has 7 heteroatoms. The van der Waals surface area contributed by atoms with E-state index in [9.17, 15) is 23.1 Å². The molecule has 4 nitrogen and oxygen atoms in total. The van der Waals surface area contributed by atoms with Crippen molar-refractivity contribution in [1.29, 1.82) is 0 Å². The molecule has 0 amide bonds. The van der Waals surface area contributed by atoms with Crippen LogP contribution in [0.25, 0.3) is 11.1 Å². The second-order valence-corrected chi connectivity index (χ2v) is 4.28. The van der Waals surface area contributed by atoms with Gasteiger partial charge in [-0.25, -0.2) is 4.79 Å². The van der Waals surface area contributed by atoms with E-state index in [0.717, 1.165) is 18.2 Å². The number of pyridine rings is 1. The molecule has 0 bridgehead atoms. The lowest BCUT2D eigenvalue weighted by atomic mass is 9.94. The van der Waals surface area contributed by atoms with Crippen LogP contribution in [-0.2, 0) is 11.0 Å². The minimum Gasteiger partial charge on any atom is -0.479 e. The second kappa shape index (κ2) is 5.53. The van der Waals surface area contributed by atoms with E-state index in [0.29, 0.717) is 5.56 Å². The molecule has 1 heterocycles. The van der Waals surface area contributed by atoms with Crippen LogP contribution in [-0.4, -0.2) is 21.2 Å². The van der Waals surface area contributed by atoms with Crippen LogP contribution in [0, 0.1) is 0 Å². The Morgan fingerprint density at radius 2 is 1.76 bits per heavy atom. The van der Waals surface area contributed by atoms with Gasteiger partial charge in [0.15, 0.2) is 6.10 Å². The van der Waals surface area contributed by atoms with Crippen molar-refractivity contribution in [3.05, 3.63) is 53.9 Å². The minimum atomic E-state index is -4.56. The van der Waals surface area contributed by atoms with Crippen molar-refractivity contribution in [2.45, 2.75) is 12.3 Å². The third kappa shape index (κ3) is 3.19. The molecule has 1 unspecified atom stereocenters. The lowest BCUT2D eigenvalue weighted by Gasteiger charge is -2.15. The number of hydrogen-bond acceptors (Lipinski definition) is 3. The quantitative estimate of drug-likeness (QED) is 0.914. The lowest BCUT2D eigenvalue weighted by Crippen LogP contribution is -2.13. The predicted molar refractivity (Wildman–Crippen MR) is 67.3 cm³/mol. The second-order valence-electron chi connectivity index (χ2n) is 4.28. The zero-order valence-electron chi connectivity index (χ0n) is 10.5. The fraction of sp³-hybridized carbons (Fsp3) is 0.143. The summed E-state index contributed by atoms with van der Waals surface area (Å²) in [5.41, 5.74) is -0.689. The van der Waals surface area contributed by atoms with Crippen LogP contribution in [0.3, 0.4) is 0 Å². The number of carbonyl (C=O) groups is 1. The first kappa shape index (κ1) is 15.0. The number of carboxylic acids is 1. The number of aromatic nitrogens is 1. The van der Waals surface area contributed by atoms with E-state index in [4.69, 9.17) is 5.11 Å². The standard InChI is InChI=1S/C14H10F3NO3/c15-14(16,17)9-1-2-10(12(19)13(20)21)11(7-9)8-3-5-18-6-4-8/h1-7,12,19H,(H,20,21). The molecule has 0 fully saturated rings. The molecule has 2 N–H and O–H groups in total. The molecule has 21 heavy (non-hydrogen) atoms.